The molecule has 0 saturated carbocycles. The molecule has 0 saturated heterocycles. The lowest BCUT2D eigenvalue weighted by Crippen LogP contribution is -2.34. The fourth-order valence-corrected chi connectivity index (χ4v) is 4.53. The summed E-state index contributed by atoms with van der Waals surface area (Å²) in [6, 6.07) is 15.6. The van der Waals surface area contributed by atoms with E-state index in [1.165, 1.54) is 7.11 Å². The lowest BCUT2D eigenvalue weighted by atomic mass is 9.93. The number of carbonyl (C=O) groups excluding carboxylic acids is 4. The molecular formula is C39H60ClN3O9. The van der Waals surface area contributed by atoms with Gasteiger partial charge in [0.05, 0.1) is 18.7 Å². The molecule has 3 unspecified atom stereocenters. The predicted octanol–water partition coefficient (Wildman–Crippen LogP) is 5.69. The standard InChI is InChI=1S/C23H34N2O4.C8H9ClO.C7H14O3.CH3NO/c1-18(10-6-4-9-13-21(27)25-16-23(2,3)17-26)20(29-22(28)15-24)14-19-11-7-5-8-12-19;1-6-3-4-8(10-2)7(9)5-6;1-5(2)4-6(10-3)7(8)9;2-1-3/h4-5,7-9,11-12,17-18,20H,6,10,13-16,24H2,1-3H3,(H,25,27);3-5H,1-2H3;5-6H,4H2,1-3H3,(H,8,9);1H,(H2,2,3)/b9-4+;;;. The average Bonchev–Trinajstić information content (AvgIpc) is 3.10. The number of benzene rings is 2. The molecule has 3 atom stereocenters. The highest BCUT2D eigenvalue weighted by Crippen LogP contribution is 2.24. The molecule has 2 aromatic rings. The number of aryl methyl sites for hydroxylation is 1. The Balaban J connectivity index is 0. The zero-order valence-corrected chi connectivity index (χ0v) is 32.7. The number of rotatable bonds is 18. The normalized spacial score (nSPS) is 12.3. The number of amides is 2. The van der Waals surface area contributed by atoms with Crippen LogP contribution >= 0.6 is 11.6 Å². The summed E-state index contributed by atoms with van der Waals surface area (Å²) in [5.74, 6) is -0.145. The van der Waals surface area contributed by atoms with Crippen molar-refractivity contribution in [1.82, 2.24) is 5.32 Å². The third kappa shape index (κ3) is 25.7. The summed E-state index contributed by atoms with van der Waals surface area (Å²) in [5.41, 5.74) is 11.3. The van der Waals surface area contributed by atoms with Gasteiger partial charge < -0.3 is 40.9 Å². The number of carbonyl (C=O) groups is 5. The van der Waals surface area contributed by atoms with Crippen molar-refractivity contribution >= 4 is 42.1 Å². The number of aliphatic carboxylic acids is 1. The number of methoxy groups -OCH3 is 2. The van der Waals surface area contributed by atoms with Crippen molar-refractivity contribution < 1.29 is 43.3 Å². The number of carboxylic acid groups (broad SMARTS) is 1. The van der Waals surface area contributed by atoms with E-state index < -0.39 is 23.5 Å². The maximum absolute atomic E-state index is 11.8. The van der Waals surface area contributed by atoms with Gasteiger partial charge in [-0.05, 0) is 61.3 Å². The van der Waals surface area contributed by atoms with Crippen LogP contribution in [0.3, 0.4) is 0 Å². The number of halogens is 1. The third-order valence-corrected chi connectivity index (χ3v) is 7.53. The number of primary amides is 1. The van der Waals surface area contributed by atoms with Crippen molar-refractivity contribution in [1.29, 1.82) is 0 Å². The summed E-state index contributed by atoms with van der Waals surface area (Å²) in [6.07, 6.45) is 7.10. The van der Waals surface area contributed by atoms with E-state index >= 15 is 0 Å². The molecule has 6 N–H and O–H groups in total. The zero-order valence-electron chi connectivity index (χ0n) is 31.9. The number of hydrogen-bond acceptors (Lipinski definition) is 9. The Bertz CT molecular complexity index is 1340. The van der Waals surface area contributed by atoms with Crippen molar-refractivity contribution in [3.63, 3.8) is 0 Å². The van der Waals surface area contributed by atoms with Gasteiger partial charge in [-0.15, -0.1) is 0 Å². The van der Waals surface area contributed by atoms with E-state index in [1.807, 2.05) is 81.5 Å². The van der Waals surface area contributed by atoms with E-state index in [9.17, 15) is 19.2 Å². The van der Waals surface area contributed by atoms with Crippen molar-refractivity contribution in [3.05, 3.63) is 76.8 Å². The van der Waals surface area contributed by atoms with E-state index in [-0.39, 0.29) is 37.3 Å². The molecule has 2 amide bonds. The molecule has 0 aliphatic carbocycles. The van der Waals surface area contributed by atoms with Gasteiger partial charge in [0, 0.05) is 31.9 Å². The number of esters is 1. The number of allylic oxidation sites excluding steroid dienone is 1. The smallest absolute Gasteiger partial charge is 0.332 e. The third-order valence-electron chi connectivity index (χ3n) is 7.24. The Hall–Kier alpha value is -4.26. The van der Waals surface area contributed by atoms with Gasteiger partial charge >= 0.3 is 11.9 Å². The number of carboxylic acids is 1. The average molecular weight is 750 g/mol. The van der Waals surface area contributed by atoms with Crippen molar-refractivity contribution in [3.8, 4) is 5.75 Å². The first-order valence-electron chi connectivity index (χ1n) is 17.0. The molecule has 52 heavy (non-hydrogen) atoms. The van der Waals surface area contributed by atoms with Gasteiger partial charge in [0.2, 0.25) is 12.3 Å². The molecule has 0 aliphatic rings. The highest BCUT2D eigenvalue weighted by molar-refractivity contribution is 6.32. The van der Waals surface area contributed by atoms with Gasteiger partial charge in [-0.1, -0.05) is 94.8 Å². The topological polar surface area (TPSA) is 197 Å². The van der Waals surface area contributed by atoms with E-state index in [2.05, 4.69) is 18.0 Å². The highest BCUT2D eigenvalue weighted by atomic mass is 35.5. The van der Waals surface area contributed by atoms with Crippen molar-refractivity contribution in [2.45, 2.75) is 85.9 Å². The first-order chi connectivity index (χ1) is 24.5. The van der Waals surface area contributed by atoms with Crippen LogP contribution in [0.2, 0.25) is 5.02 Å². The highest BCUT2D eigenvalue weighted by Gasteiger charge is 2.21. The molecule has 0 aliphatic heterocycles. The van der Waals surface area contributed by atoms with Gasteiger partial charge in [-0.2, -0.15) is 0 Å². The minimum atomic E-state index is -0.879. The summed E-state index contributed by atoms with van der Waals surface area (Å²) in [6.45, 7) is 11.7. The van der Waals surface area contributed by atoms with Crippen LogP contribution in [0.5, 0.6) is 5.75 Å². The van der Waals surface area contributed by atoms with Gasteiger partial charge in [-0.25, -0.2) is 4.79 Å². The second kappa shape index (κ2) is 29.3. The van der Waals surface area contributed by atoms with Crippen molar-refractivity contribution in [2.75, 3.05) is 27.3 Å². The zero-order chi connectivity index (χ0) is 40.1. The predicted molar refractivity (Wildman–Crippen MR) is 205 cm³/mol. The van der Waals surface area contributed by atoms with Crippen LogP contribution in [-0.4, -0.2) is 75.2 Å². The first-order valence-corrected chi connectivity index (χ1v) is 17.4. The van der Waals surface area contributed by atoms with Crippen LogP contribution in [0, 0.1) is 24.2 Å². The summed E-state index contributed by atoms with van der Waals surface area (Å²) >= 11 is 5.80. The van der Waals surface area contributed by atoms with E-state index in [0.717, 1.165) is 36.0 Å². The fourth-order valence-electron chi connectivity index (χ4n) is 4.21. The number of nitrogens with two attached hydrogens (primary N) is 2. The summed E-state index contributed by atoms with van der Waals surface area (Å²) in [5, 5.41) is 11.9. The Morgan fingerprint density at radius 3 is 2.10 bits per heavy atom. The second-order valence-corrected chi connectivity index (χ2v) is 13.4. The van der Waals surface area contributed by atoms with Crippen LogP contribution in [0.4, 0.5) is 0 Å². The summed E-state index contributed by atoms with van der Waals surface area (Å²) < 4.78 is 15.2. The van der Waals surface area contributed by atoms with Crippen LogP contribution in [0.15, 0.2) is 60.7 Å². The van der Waals surface area contributed by atoms with E-state index in [4.69, 9.17) is 41.4 Å². The molecule has 0 bridgehead atoms. The molecule has 2 rings (SSSR count). The fraction of sp³-hybridized carbons (Fsp3) is 0.513. The maximum Gasteiger partial charge on any atom is 0.332 e. The molecule has 292 valence electrons. The quantitative estimate of drug-likeness (QED) is 0.0834. The van der Waals surface area contributed by atoms with E-state index in [1.54, 1.807) is 21.0 Å². The minimum absolute atomic E-state index is 0.108. The Labute approximate surface area is 314 Å². The van der Waals surface area contributed by atoms with Gasteiger partial charge in [0.1, 0.15) is 18.1 Å². The van der Waals surface area contributed by atoms with Crippen LogP contribution in [0.25, 0.3) is 0 Å². The maximum atomic E-state index is 11.8. The SMILES string of the molecule is CC(CC/C=C/CC(=O)NCC(C)(C)C=O)C(Cc1ccccc1)OC(=O)CN.COC(CC(C)C)C(=O)O.COc1ccc(C)cc1Cl.NC=O. The number of hydrogen-bond donors (Lipinski definition) is 4. The minimum Gasteiger partial charge on any atom is -0.495 e. The van der Waals surface area contributed by atoms with Gasteiger partial charge in [0.15, 0.2) is 6.10 Å². The lowest BCUT2D eigenvalue weighted by molar-refractivity contribution is -0.150. The molecular weight excluding hydrogens is 690 g/mol. The summed E-state index contributed by atoms with van der Waals surface area (Å²) in [7, 11) is 3.03. The van der Waals surface area contributed by atoms with Crippen LogP contribution in [-0.2, 0) is 39.9 Å². The Morgan fingerprint density at radius 2 is 1.63 bits per heavy atom. The molecule has 0 radical (unpaired) electrons. The Morgan fingerprint density at radius 1 is 1.02 bits per heavy atom. The first kappa shape index (κ1) is 49.9. The molecule has 0 spiro atoms. The van der Waals surface area contributed by atoms with E-state index in [0.29, 0.717) is 30.3 Å². The number of ether oxygens (including phenoxy) is 3. The molecule has 12 nitrogen and oxygen atoms in total. The van der Waals surface area contributed by atoms with Crippen molar-refractivity contribution in [2.24, 2.45) is 28.7 Å². The monoisotopic (exact) mass is 749 g/mol. The molecule has 0 heterocycles. The summed E-state index contributed by atoms with van der Waals surface area (Å²) in [4.78, 5) is 53.3. The molecule has 0 aromatic heterocycles. The largest absolute Gasteiger partial charge is 0.495 e. The molecule has 2 aromatic carbocycles. The molecule has 13 heteroatoms. The van der Waals surface area contributed by atoms with Gasteiger partial charge in [0.25, 0.3) is 0 Å². The Kier molecular flexibility index (Phi) is 28.1. The van der Waals surface area contributed by atoms with Crippen LogP contribution < -0.4 is 21.5 Å². The molecule has 0 fully saturated rings. The van der Waals surface area contributed by atoms with Gasteiger partial charge in [-0.3, -0.25) is 14.4 Å². The second-order valence-electron chi connectivity index (χ2n) is 13.0. The number of aldehydes is 1. The number of nitrogens with one attached hydrogen (secondary N) is 1. The van der Waals surface area contributed by atoms with Crippen LogP contribution in [0.1, 0.15) is 71.4 Å². The lowest BCUT2D eigenvalue weighted by Gasteiger charge is -2.24.